The third-order valence-corrected chi connectivity index (χ3v) is 1.56. The van der Waals surface area contributed by atoms with Gasteiger partial charge in [0.05, 0.1) is 17.8 Å². The van der Waals surface area contributed by atoms with Gasteiger partial charge in [0, 0.05) is 6.07 Å². The summed E-state index contributed by atoms with van der Waals surface area (Å²) < 4.78 is 17.4. The summed E-state index contributed by atoms with van der Waals surface area (Å²) in [6.45, 7) is 0. The van der Waals surface area contributed by atoms with E-state index in [1.54, 1.807) is 0 Å². The molecule has 0 spiro atoms. The fourth-order valence-corrected chi connectivity index (χ4v) is 0.893. The Hall–Kier alpha value is -0.960. The van der Waals surface area contributed by atoms with Crippen LogP contribution < -0.4 is 10.5 Å². The fourth-order valence-electron chi connectivity index (χ4n) is 0.721. The van der Waals surface area contributed by atoms with Crippen LogP contribution in [0.5, 0.6) is 5.75 Å². The van der Waals surface area contributed by atoms with E-state index in [0.717, 1.165) is 6.07 Å². The minimum Gasteiger partial charge on any atom is -0.494 e. The monoisotopic (exact) mass is 175 g/mol. The molecule has 0 saturated heterocycles. The zero-order chi connectivity index (χ0) is 8.43. The smallest absolute Gasteiger partial charge is 0.145 e. The normalized spacial score (nSPS) is 9.73. The predicted molar refractivity (Wildman–Crippen MR) is 42.4 cm³/mol. The summed E-state index contributed by atoms with van der Waals surface area (Å²) >= 11 is 5.43. The van der Waals surface area contributed by atoms with Gasteiger partial charge < -0.3 is 10.5 Å². The van der Waals surface area contributed by atoms with Gasteiger partial charge in [-0.05, 0) is 6.07 Å². The molecule has 1 rings (SSSR count). The van der Waals surface area contributed by atoms with Crippen molar-refractivity contribution < 1.29 is 9.13 Å². The van der Waals surface area contributed by atoms with Crippen LogP contribution in [0.25, 0.3) is 0 Å². The maximum atomic E-state index is 12.7. The van der Waals surface area contributed by atoms with Crippen molar-refractivity contribution in [2.45, 2.75) is 0 Å². The van der Waals surface area contributed by atoms with E-state index in [0.29, 0.717) is 11.4 Å². The lowest BCUT2D eigenvalue weighted by molar-refractivity contribution is 0.413. The van der Waals surface area contributed by atoms with Gasteiger partial charge in [0.1, 0.15) is 11.6 Å². The van der Waals surface area contributed by atoms with Crippen LogP contribution in [-0.4, -0.2) is 7.11 Å². The lowest BCUT2D eigenvalue weighted by Gasteiger charge is -2.04. The Balaban J connectivity index is 3.21. The van der Waals surface area contributed by atoms with Crippen LogP contribution in [-0.2, 0) is 0 Å². The minimum atomic E-state index is -0.530. The summed E-state index contributed by atoms with van der Waals surface area (Å²) in [4.78, 5) is 0. The Morgan fingerprint density at radius 1 is 1.55 bits per heavy atom. The summed E-state index contributed by atoms with van der Waals surface area (Å²) in [6, 6.07) is 2.47. The average molecular weight is 176 g/mol. The second-order valence-electron chi connectivity index (χ2n) is 2.01. The molecule has 0 aliphatic carbocycles. The van der Waals surface area contributed by atoms with E-state index >= 15 is 0 Å². The van der Waals surface area contributed by atoms with E-state index in [1.807, 2.05) is 0 Å². The van der Waals surface area contributed by atoms with E-state index in [-0.39, 0.29) is 5.02 Å². The van der Waals surface area contributed by atoms with Gasteiger partial charge in [-0.3, -0.25) is 0 Å². The molecule has 11 heavy (non-hydrogen) atoms. The summed E-state index contributed by atoms with van der Waals surface area (Å²) in [5, 5.41) is 0.00306. The highest BCUT2D eigenvalue weighted by molar-refractivity contribution is 6.31. The molecule has 2 N–H and O–H groups in total. The van der Waals surface area contributed by atoms with Crippen LogP contribution in [0.15, 0.2) is 12.1 Å². The molecule has 0 fully saturated rings. The largest absolute Gasteiger partial charge is 0.494 e. The number of nitrogen functional groups attached to an aromatic ring is 1. The number of hydrogen-bond donors (Lipinski definition) is 1. The van der Waals surface area contributed by atoms with E-state index in [2.05, 4.69) is 0 Å². The molecule has 0 unspecified atom stereocenters. The maximum Gasteiger partial charge on any atom is 0.145 e. The first kappa shape index (κ1) is 8.14. The second-order valence-corrected chi connectivity index (χ2v) is 2.42. The van der Waals surface area contributed by atoms with Crippen molar-refractivity contribution >= 4 is 17.3 Å². The van der Waals surface area contributed by atoms with E-state index in [9.17, 15) is 4.39 Å². The average Bonchev–Trinajstić information content (AvgIpc) is 1.97. The molecule has 1 aromatic rings. The third kappa shape index (κ3) is 1.54. The van der Waals surface area contributed by atoms with E-state index in [1.165, 1.54) is 13.2 Å². The molecular weight excluding hydrogens is 169 g/mol. The van der Waals surface area contributed by atoms with Crippen molar-refractivity contribution in [1.29, 1.82) is 0 Å². The number of nitrogens with two attached hydrogens (primary N) is 1. The number of anilines is 1. The highest BCUT2D eigenvalue weighted by Crippen LogP contribution is 2.27. The SMILES string of the molecule is COc1cc(F)c(Cl)cc1N. The van der Waals surface area contributed by atoms with Crippen LogP contribution in [0.2, 0.25) is 5.02 Å². The number of benzene rings is 1. The summed E-state index contributed by atoms with van der Waals surface area (Å²) in [5.41, 5.74) is 5.76. The molecule has 0 aromatic heterocycles. The number of ether oxygens (including phenoxy) is 1. The van der Waals surface area contributed by atoms with Gasteiger partial charge in [0.25, 0.3) is 0 Å². The minimum absolute atomic E-state index is 0.00306. The van der Waals surface area contributed by atoms with Gasteiger partial charge in [-0.1, -0.05) is 11.6 Å². The Labute approximate surface area is 68.7 Å². The van der Waals surface area contributed by atoms with Gasteiger partial charge in [-0.25, -0.2) is 4.39 Å². The Kier molecular flexibility index (Phi) is 2.19. The highest BCUT2D eigenvalue weighted by Gasteiger charge is 2.05. The molecular formula is C7H7ClFNO. The topological polar surface area (TPSA) is 35.2 Å². The number of hydrogen-bond acceptors (Lipinski definition) is 2. The van der Waals surface area contributed by atoms with Crippen LogP contribution in [0.3, 0.4) is 0 Å². The summed E-state index contributed by atoms with van der Waals surface area (Å²) in [6.07, 6.45) is 0. The molecule has 0 radical (unpaired) electrons. The van der Waals surface area contributed by atoms with Crippen molar-refractivity contribution in [3.05, 3.63) is 23.0 Å². The van der Waals surface area contributed by atoms with Gasteiger partial charge in [0.2, 0.25) is 0 Å². The van der Waals surface area contributed by atoms with Crippen molar-refractivity contribution in [1.82, 2.24) is 0 Å². The van der Waals surface area contributed by atoms with Crippen LogP contribution in [0.1, 0.15) is 0 Å². The van der Waals surface area contributed by atoms with Gasteiger partial charge in [0.15, 0.2) is 0 Å². The van der Waals surface area contributed by atoms with Crippen molar-refractivity contribution in [2.75, 3.05) is 12.8 Å². The molecule has 0 bridgehead atoms. The zero-order valence-corrected chi connectivity index (χ0v) is 6.65. The molecule has 1 aromatic carbocycles. The molecule has 4 heteroatoms. The Morgan fingerprint density at radius 2 is 2.18 bits per heavy atom. The standard InChI is InChI=1S/C7H7ClFNO/c1-11-7-3-5(9)4(8)2-6(7)10/h2-3H,10H2,1H3. The first-order valence-electron chi connectivity index (χ1n) is 2.93. The Bertz CT molecular complexity index is 277. The molecule has 0 saturated carbocycles. The maximum absolute atomic E-state index is 12.7. The highest BCUT2D eigenvalue weighted by atomic mass is 35.5. The van der Waals surface area contributed by atoms with Crippen LogP contribution >= 0.6 is 11.6 Å². The second kappa shape index (κ2) is 2.96. The van der Waals surface area contributed by atoms with Crippen molar-refractivity contribution in [3.63, 3.8) is 0 Å². The lowest BCUT2D eigenvalue weighted by Crippen LogP contribution is -1.93. The quantitative estimate of drug-likeness (QED) is 0.664. The van der Waals surface area contributed by atoms with Gasteiger partial charge in [-0.15, -0.1) is 0 Å². The van der Waals surface area contributed by atoms with E-state index < -0.39 is 5.82 Å². The van der Waals surface area contributed by atoms with E-state index in [4.69, 9.17) is 22.1 Å². The fraction of sp³-hybridized carbons (Fsp3) is 0.143. The van der Waals surface area contributed by atoms with Crippen molar-refractivity contribution in [3.8, 4) is 5.75 Å². The number of halogens is 2. The van der Waals surface area contributed by atoms with Crippen molar-refractivity contribution in [2.24, 2.45) is 0 Å². The summed E-state index contributed by atoms with van der Waals surface area (Å²) in [5.74, 6) is -0.232. The first-order valence-corrected chi connectivity index (χ1v) is 3.31. The zero-order valence-electron chi connectivity index (χ0n) is 5.90. The molecule has 0 aliphatic rings. The molecule has 0 heterocycles. The van der Waals surface area contributed by atoms with Gasteiger partial charge >= 0.3 is 0 Å². The molecule has 0 amide bonds. The van der Waals surface area contributed by atoms with Crippen LogP contribution in [0, 0.1) is 5.82 Å². The van der Waals surface area contributed by atoms with Gasteiger partial charge in [-0.2, -0.15) is 0 Å². The third-order valence-electron chi connectivity index (χ3n) is 1.27. The molecule has 2 nitrogen and oxygen atoms in total. The lowest BCUT2D eigenvalue weighted by atomic mass is 10.3. The molecule has 0 atom stereocenters. The molecule has 0 aliphatic heterocycles. The first-order chi connectivity index (χ1) is 5.15. The molecule has 60 valence electrons. The number of methoxy groups -OCH3 is 1. The summed E-state index contributed by atoms with van der Waals surface area (Å²) in [7, 11) is 1.42. The Morgan fingerprint density at radius 3 is 2.73 bits per heavy atom. The number of rotatable bonds is 1. The predicted octanol–water partition coefficient (Wildman–Crippen LogP) is 2.07. The van der Waals surface area contributed by atoms with Crippen LogP contribution in [0.4, 0.5) is 10.1 Å².